The van der Waals surface area contributed by atoms with Crippen molar-refractivity contribution in [1.29, 1.82) is 0 Å². The number of hydrogen-bond donors (Lipinski definition) is 0. The lowest BCUT2D eigenvalue weighted by Gasteiger charge is -2.22. The van der Waals surface area contributed by atoms with Crippen molar-refractivity contribution in [2.45, 2.75) is 20.0 Å². The fraction of sp³-hybridized carbons (Fsp3) is 0.273. The third kappa shape index (κ3) is 2.10. The van der Waals surface area contributed by atoms with E-state index in [4.69, 9.17) is 0 Å². The van der Waals surface area contributed by atoms with Crippen LogP contribution in [0.25, 0.3) is 0 Å². The largest absolute Gasteiger partial charge is 0.265 e. The average Bonchev–Trinajstić information content (AvgIpc) is 2.18. The molecule has 14 heavy (non-hydrogen) atoms. The molecule has 3 heteroatoms. The molecule has 0 amide bonds. The van der Waals surface area contributed by atoms with Crippen LogP contribution < -0.4 is 5.19 Å². The molecule has 0 N–H and O–H groups in total. The Labute approximate surface area is 84.3 Å². The average molecular weight is 212 g/mol. The molecule has 0 unspecified atom stereocenters. The Morgan fingerprint density at radius 2 is 1.57 bits per heavy atom. The van der Waals surface area contributed by atoms with Gasteiger partial charge < -0.3 is 0 Å². The van der Waals surface area contributed by atoms with E-state index in [-0.39, 0.29) is 5.20 Å². The van der Waals surface area contributed by atoms with Crippen LogP contribution in [0.2, 0.25) is 13.1 Å². The van der Waals surface area contributed by atoms with Gasteiger partial charge in [-0.25, -0.2) is 0 Å². The lowest BCUT2D eigenvalue weighted by Crippen LogP contribution is -2.43. The molecule has 0 saturated carbocycles. The lowest BCUT2D eigenvalue weighted by molar-refractivity contribution is 0.416. The molecule has 1 aromatic carbocycles. The summed E-state index contributed by atoms with van der Waals surface area (Å²) in [6.07, 6.45) is -1.52. The minimum Gasteiger partial charge on any atom is -0.174 e. The number of allylic oxidation sites excluding steroid dienone is 1. The highest BCUT2D eigenvalue weighted by Crippen LogP contribution is 2.19. The van der Waals surface area contributed by atoms with Crippen molar-refractivity contribution in [1.82, 2.24) is 0 Å². The van der Waals surface area contributed by atoms with Crippen LogP contribution >= 0.6 is 0 Å². The number of rotatable bonds is 2. The van der Waals surface area contributed by atoms with Crippen LogP contribution in [0.4, 0.5) is 8.78 Å². The first-order valence-electron chi connectivity index (χ1n) is 4.54. The van der Waals surface area contributed by atoms with Gasteiger partial charge in [0.1, 0.15) is 8.07 Å². The molecule has 0 heterocycles. The van der Waals surface area contributed by atoms with Gasteiger partial charge in [0, 0.05) is 0 Å². The first-order chi connectivity index (χ1) is 6.46. The zero-order valence-corrected chi connectivity index (χ0v) is 9.64. The molecule has 0 radical (unpaired) electrons. The molecular formula is C11H14F2Si. The van der Waals surface area contributed by atoms with E-state index in [0.717, 1.165) is 5.19 Å². The van der Waals surface area contributed by atoms with Crippen molar-refractivity contribution in [3.63, 3.8) is 0 Å². The summed E-state index contributed by atoms with van der Waals surface area (Å²) in [6.45, 7) is 5.42. The summed E-state index contributed by atoms with van der Waals surface area (Å²) in [5.41, 5.74) is 0. The van der Waals surface area contributed by atoms with Crippen molar-refractivity contribution in [2.75, 3.05) is 0 Å². The fourth-order valence-electron chi connectivity index (χ4n) is 1.31. The third-order valence-corrected chi connectivity index (χ3v) is 6.56. The van der Waals surface area contributed by atoms with E-state index >= 15 is 0 Å². The molecule has 0 fully saturated rings. The second kappa shape index (κ2) is 4.05. The van der Waals surface area contributed by atoms with E-state index in [9.17, 15) is 8.78 Å². The predicted octanol–water partition coefficient (Wildman–Crippen LogP) is 3.31. The molecule has 0 nitrogen and oxygen atoms in total. The van der Waals surface area contributed by atoms with Crippen LogP contribution in [-0.4, -0.2) is 8.07 Å². The highest BCUT2D eigenvalue weighted by molar-refractivity contribution is 6.95. The second-order valence-electron chi connectivity index (χ2n) is 3.88. The molecule has 0 saturated heterocycles. The molecule has 0 bridgehead atoms. The maximum absolute atomic E-state index is 12.5. The minimum atomic E-state index is -2.12. The molecule has 0 aliphatic heterocycles. The van der Waals surface area contributed by atoms with Crippen LogP contribution in [-0.2, 0) is 0 Å². The van der Waals surface area contributed by atoms with Gasteiger partial charge in [-0.15, -0.1) is 0 Å². The zero-order valence-electron chi connectivity index (χ0n) is 8.64. The summed E-state index contributed by atoms with van der Waals surface area (Å²) in [7, 11) is -2.12. The van der Waals surface area contributed by atoms with Gasteiger partial charge >= 0.3 is 0 Å². The highest BCUT2D eigenvalue weighted by atomic mass is 28.3. The number of halogens is 2. The van der Waals surface area contributed by atoms with Gasteiger partial charge in [-0.05, 0) is 12.1 Å². The predicted molar refractivity (Wildman–Crippen MR) is 58.5 cm³/mol. The molecular weight excluding hydrogens is 198 g/mol. The standard InChI is InChI=1S/C11H14F2Si/c1-9(11(12)13)14(2,3)10-7-5-4-6-8-10/h4-8H,1-3H3. The van der Waals surface area contributed by atoms with E-state index in [1.165, 1.54) is 6.92 Å². The molecule has 0 aliphatic carbocycles. The molecule has 1 rings (SSSR count). The van der Waals surface area contributed by atoms with Crippen LogP contribution in [0.3, 0.4) is 0 Å². The molecule has 76 valence electrons. The van der Waals surface area contributed by atoms with Gasteiger partial charge in [0.2, 0.25) is 0 Å². The second-order valence-corrected chi connectivity index (χ2v) is 8.45. The van der Waals surface area contributed by atoms with E-state index in [0.29, 0.717) is 0 Å². The van der Waals surface area contributed by atoms with Gasteiger partial charge in [-0.2, -0.15) is 8.78 Å². The van der Waals surface area contributed by atoms with Gasteiger partial charge in [0.05, 0.1) is 0 Å². The Kier molecular flexibility index (Phi) is 3.21. The molecule has 0 aromatic heterocycles. The SMILES string of the molecule is CC(=C(F)F)[Si](C)(C)c1ccccc1. The van der Waals surface area contributed by atoms with Crippen molar-refractivity contribution < 1.29 is 8.78 Å². The van der Waals surface area contributed by atoms with Crippen molar-refractivity contribution in [3.8, 4) is 0 Å². The molecule has 0 spiro atoms. The van der Waals surface area contributed by atoms with Gasteiger partial charge in [-0.3, -0.25) is 0 Å². The van der Waals surface area contributed by atoms with Crippen LogP contribution in [0.5, 0.6) is 0 Å². The quantitative estimate of drug-likeness (QED) is 0.660. The minimum absolute atomic E-state index is 0.267. The topological polar surface area (TPSA) is 0 Å². The maximum Gasteiger partial charge on any atom is 0.265 e. The summed E-state index contributed by atoms with van der Waals surface area (Å²) in [5.74, 6) is 0. The van der Waals surface area contributed by atoms with E-state index in [1.807, 2.05) is 43.4 Å². The molecule has 0 atom stereocenters. The number of hydrogen-bond acceptors (Lipinski definition) is 0. The van der Waals surface area contributed by atoms with Crippen LogP contribution in [0.15, 0.2) is 41.6 Å². The zero-order chi connectivity index (χ0) is 10.8. The first-order valence-corrected chi connectivity index (χ1v) is 7.54. The van der Waals surface area contributed by atoms with Crippen molar-refractivity contribution >= 4 is 13.3 Å². The normalized spacial score (nSPS) is 11.2. The van der Waals surface area contributed by atoms with E-state index < -0.39 is 14.2 Å². The van der Waals surface area contributed by atoms with Gasteiger partial charge in [0.25, 0.3) is 6.08 Å². The first kappa shape index (κ1) is 11.1. The highest BCUT2D eigenvalue weighted by Gasteiger charge is 2.28. The molecule has 1 aromatic rings. The Bertz CT molecular complexity index is 338. The Balaban J connectivity index is 3.15. The van der Waals surface area contributed by atoms with Crippen molar-refractivity contribution in [3.05, 3.63) is 41.6 Å². The summed E-state index contributed by atoms with van der Waals surface area (Å²) < 4.78 is 25.0. The summed E-state index contributed by atoms with van der Waals surface area (Å²) in [6, 6.07) is 9.55. The Morgan fingerprint density at radius 1 is 1.07 bits per heavy atom. The summed E-state index contributed by atoms with van der Waals surface area (Å²) in [4.78, 5) is 0. The maximum atomic E-state index is 12.5. The van der Waals surface area contributed by atoms with Crippen LogP contribution in [0, 0.1) is 0 Å². The summed E-state index contributed by atoms with van der Waals surface area (Å²) >= 11 is 0. The van der Waals surface area contributed by atoms with E-state index in [2.05, 4.69) is 0 Å². The Hall–Kier alpha value is -0.963. The van der Waals surface area contributed by atoms with Gasteiger partial charge in [0.15, 0.2) is 0 Å². The monoisotopic (exact) mass is 212 g/mol. The number of benzene rings is 1. The summed E-state index contributed by atoms with van der Waals surface area (Å²) in [5, 5.41) is 1.31. The van der Waals surface area contributed by atoms with Crippen molar-refractivity contribution in [2.24, 2.45) is 0 Å². The van der Waals surface area contributed by atoms with Crippen LogP contribution in [0.1, 0.15) is 6.92 Å². The molecule has 0 aliphatic rings. The Morgan fingerprint density at radius 3 is 2.00 bits per heavy atom. The third-order valence-electron chi connectivity index (χ3n) is 2.72. The van der Waals surface area contributed by atoms with E-state index in [1.54, 1.807) is 0 Å². The smallest absolute Gasteiger partial charge is 0.174 e. The fourth-order valence-corrected chi connectivity index (χ4v) is 3.24. The van der Waals surface area contributed by atoms with Gasteiger partial charge in [-0.1, -0.05) is 48.6 Å². The lowest BCUT2D eigenvalue weighted by atomic mass is 10.4.